The van der Waals surface area contributed by atoms with E-state index in [1.165, 1.54) is 17.4 Å². The SMILES string of the molecule is Cc1csc2nc([C@H](C)NC(=O)C=Cc3ccc4ccccc4n3)oc(=O)c12. The fourth-order valence-electron chi connectivity index (χ4n) is 2.87. The summed E-state index contributed by atoms with van der Waals surface area (Å²) in [6.45, 7) is 3.56. The highest BCUT2D eigenvalue weighted by Crippen LogP contribution is 2.22. The largest absolute Gasteiger partial charge is 0.406 e. The summed E-state index contributed by atoms with van der Waals surface area (Å²) in [6.07, 6.45) is 3.05. The summed E-state index contributed by atoms with van der Waals surface area (Å²) in [7, 11) is 0. The number of pyridine rings is 1. The van der Waals surface area contributed by atoms with E-state index in [0.29, 0.717) is 15.9 Å². The predicted octanol–water partition coefficient (Wildman–Crippen LogP) is 4.00. The molecule has 0 aliphatic heterocycles. The van der Waals surface area contributed by atoms with E-state index in [1.807, 2.05) is 48.7 Å². The first kappa shape index (κ1) is 18.1. The second-order valence-corrected chi connectivity index (χ2v) is 7.29. The van der Waals surface area contributed by atoms with Crippen LogP contribution in [0.3, 0.4) is 0 Å². The number of amides is 1. The molecule has 0 aliphatic rings. The van der Waals surface area contributed by atoms with Crippen LogP contribution in [0.2, 0.25) is 0 Å². The zero-order chi connectivity index (χ0) is 19.7. The van der Waals surface area contributed by atoms with Crippen LogP contribution in [0.1, 0.15) is 30.1 Å². The fraction of sp³-hybridized carbons (Fsp3) is 0.143. The minimum absolute atomic E-state index is 0.185. The molecule has 6 nitrogen and oxygen atoms in total. The Morgan fingerprint density at radius 3 is 2.89 bits per heavy atom. The Kier molecular flexibility index (Phi) is 4.75. The highest BCUT2D eigenvalue weighted by Gasteiger charge is 2.16. The molecule has 1 N–H and O–H groups in total. The number of hydrogen-bond donors (Lipinski definition) is 1. The molecular formula is C21H17N3O3S. The third-order valence-electron chi connectivity index (χ3n) is 4.32. The molecule has 4 rings (SSSR count). The topological polar surface area (TPSA) is 85.1 Å². The van der Waals surface area contributed by atoms with E-state index < -0.39 is 11.7 Å². The Bertz CT molecular complexity index is 1270. The first-order valence-electron chi connectivity index (χ1n) is 8.74. The van der Waals surface area contributed by atoms with Crippen LogP contribution in [-0.2, 0) is 4.79 Å². The lowest BCUT2D eigenvalue weighted by Gasteiger charge is -2.10. The molecule has 28 heavy (non-hydrogen) atoms. The maximum atomic E-state index is 12.2. The highest BCUT2D eigenvalue weighted by molar-refractivity contribution is 7.16. The minimum atomic E-state index is -0.541. The molecule has 7 heteroatoms. The van der Waals surface area contributed by atoms with Gasteiger partial charge in [-0.15, -0.1) is 11.3 Å². The van der Waals surface area contributed by atoms with Crippen LogP contribution in [0.4, 0.5) is 0 Å². The molecule has 1 amide bonds. The monoisotopic (exact) mass is 391 g/mol. The second-order valence-electron chi connectivity index (χ2n) is 6.43. The predicted molar refractivity (Wildman–Crippen MR) is 110 cm³/mol. The zero-order valence-corrected chi connectivity index (χ0v) is 16.1. The molecule has 0 bridgehead atoms. The number of thiophene rings is 1. The number of rotatable bonds is 4. The van der Waals surface area contributed by atoms with Crippen LogP contribution < -0.4 is 10.9 Å². The first-order chi connectivity index (χ1) is 13.5. The van der Waals surface area contributed by atoms with Gasteiger partial charge < -0.3 is 9.73 Å². The third-order valence-corrected chi connectivity index (χ3v) is 5.31. The molecule has 140 valence electrons. The van der Waals surface area contributed by atoms with Crippen molar-refractivity contribution in [1.29, 1.82) is 0 Å². The van der Waals surface area contributed by atoms with Crippen molar-refractivity contribution in [3.05, 3.63) is 75.4 Å². The quantitative estimate of drug-likeness (QED) is 0.532. The number of nitrogens with zero attached hydrogens (tertiary/aromatic N) is 2. The standard InChI is InChI=1S/C21H17N3O3S/c1-12-11-28-20-18(12)21(26)27-19(24-20)13(2)22-17(25)10-9-15-8-7-14-5-3-4-6-16(14)23-15/h3-11,13H,1-2H3,(H,22,25)/t13-/m0/s1. The van der Waals surface area contributed by atoms with E-state index in [0.717, 1.165) is 16.5 Å². The number of carbonyl (C=O) groups excluding carboxylic acids is 1. The third kappa shape index (κ3) is 3.57. The van der Waals surface area contributed by atoms with E-state index in [9.17, 15) is 9.59 Å². The smallest absolute Gasteiger partial charge is 0.348 e. The van der Waals surface area contributed by atoms with Gasteiger partial charge in [-0.2, -0.15) is 0 Å². The molecule has 4 aromatic rings. The van der Waals surface area contributed by atoms with Gasteiger partial charge >= 0.3 is 5.63 Å². The molecule has 0 radical (unpaired) electrons. The van der Waals surface area contributed by atoms with Gasteiger partial charge in [0.2, 0.25) is 11.8 Å². The van der Waals surface area contributed by atoms with Crippen molar-refractivity contribution >= 4 is 44.4 Å². The van der Waals surface area contributed by atoms with Crippen molar-refractivity contribution in [2.45, 2.75) is 19.9 Å². The zero-order valence-electron chi connectivity index (χ0n) is 15.3. The Labute approximate surface area is 164 Å². The Balaban J connectivity index is 1.49. The van der Waals surface area contributed by atoms with E-state index in [1.54, 1.807) is 13.0 Å². The van der Waals surface area contributed by atoms with E-state index in [4.69, 9.17) is 4.42 Å². The van der Waals surface area contributed by atoms with Crippen LogP contribution in [-0.4, -0.2) is 15.9 Å². The number of fused-ring (bicyclic) bond motifs is 2. The van der Waals surface area contributed by atoms with Crippen molar-refractivity contribution in [3.8, 4) is 0 Å². The number of para-hydroxylation sites is 1. The Morgan fingerprint density at radius 2 is 2.04 bits per heavy atom. The molecule has 0 unspecified atom stereocenters. The summed E-state index contributed by atoms with van der Waals surface area (Å²) in [4.78, 5) is 33.9. The van der Waals surface area contributed by atoms with Gasteiger partial charge in [0.15, 0.2) is 0 Å². The number of aromatic nitrogens is 2. The summed E-state index contributed by atoms with van der Waals surface area (Å²) >= 11 is 1.38. The number of hydrogen-bond acceptors (Lipinski definition) is 6. The Morgan fingerprint density at radius 1 is 1.21 bits per heavy atom. The molecule has 3 aromatic heterocycles. The lowest BCUT2D eigenvalue weighted by atomic mass is 10.2. The lowest BCUT2D eigenvalue weighted by Crippen LogP contribution is -2.26. The lowest BCUT2D eigenvalue weighted by molar-refractivity contribution is -0.117. The average Bonchev–Trinajstić information content (AvgIpc) is 3.07. The maximum Gasteiger partial charge on any atom is 0.348 e. The van der Waals surface area contributed by atoms with Gasteiger partial charge in [0.25, 0.3) is 0 Å². The van der Waals surface area contributed by atoms with Crippen molar-refractivity contribution in [1.82, 2.24) is 15.3 Å². The van der Waals surface area contributed by atoms with Gasteiger partial charge in [-0.05, 0) is 43.0 Å². The van der Waals surface area contributed by atoms with Crippen molar-refractivity contribution in [2.24, 2.45) is 0 Å². The van der Waals surface area contributed by atoms with Crippen molar-refractivity contribution in [3.63, 3.8) is 0 Å². The van der Waals surface area contributed by atoms with Crippen LogP contribution in [0.15, 0.2) is 57.1 Å². The molecule has 1 aromatic carbocycles. The van der Waals surface area contributed by atoms with Gasteiger partial charge in [0.1, 0.15) is 10.9 Å². The van der Waals surface area contributed by atoms with Gasteiger partial charge in [-0.25, -0.2) is 14.8 Å². The minimum Gasteiger partial charge on any atom is -0.406 e. The van der Waals surface area contributed by atoms with Crippen LogP contribution in [0, 0.1) is 6.92 Å². The number of aryl methyl sites for hydroxylation is 1. The highest BCUT2D eigenvalue weighted by atomic mass is 32.1. The maximum absolute atomic E-state index is 12.2. The van der Waals surface area contributed by atoms with Crippen LogP contribution in [0.25, 0.3) is 27.2 Å². The van der Waals surface area contributed by atoms with Crippen LogP contribution >= 0.6 is 11.3 Å². The fourth-order valence-corrected chi connectivity index (χ4v) is 3.79. The summed E-state index contributed by atoms with van der Waals surface area (Å²) < 4.78 is 5.29. The van der Waals surface area contributed by atoms with Gasteiger partial charge in [-0.1, -0.05) is 24.3 Å². The molecule has 1 atom stereocenters. The Hall–Kier alpha value is -3.32. The molecule has 0 saturated carbocycles. The summed E-state index contributed by atoms with van der Waals surface area (Å²) in [5.41, 5.74) is 1.96. The number of benzene rings is 1. The summed E-state index contributed by atoms with van der Waals surface area (Å²) in [5.74, 6) is -0.140. The molecule has 0 fully saturated rings. The molecule has 0 saturated heterocycles. The summed E-state index contributed by atoms with van der Waals surface area (Å²) in [6, 6.07) is 11.0. The number of carbonyl (C=O) groups is 1. The number of nitrogens with one attached hydrogen (secondary N) is 1. The van der Waals surface area contributed by atoms with Crippen molar-refractivity contribution < 1.29 is 9.21 Å². The molecule has 0 aliphatic carbocycles. The van der Waals surface area contributed by atoms with Crippen molar-refractivity contribution in [2.75, 3.05) is 0 Å². The van der Waals surface area contributed by atoms with E-state index in [2.05, 4.69) is 15.3 Å². The van der Waals surface area contributed by atoms with E-state index in [-0.39, 0.29) is 11.8 Å². The molecule has 3 heterocycles. The summed E-state index contributed by atoms with van der Waals surface area (Å²) in [5, 5.41) is 6.16. The van der Waals surface area contributed by atoms with E-state index >= 15 is 0 Å². The first-order valence-corrected chi connectivity index (χ1v) is 9.62. The normalized spacial score (nSPS) is 12.6. The van der Waals surface area contributed by atoms with Crippen LogP contribution in [0.5, 0.6) is 0 Å². The second kappa shape index (κ2) is 7.36. The van der Waals surface area contributed by atoms with Gasteiger partial charge in [0, 0.05) is 11.5 Å². The van der Waals surface area contributed by atoms with Gasteiger partial charge in [-0.3, -0.25) is 4.79 Å². The average molecular weight is 391 g/mol. The molecule has 0 spiro atoms. The molecular weight excluding hydrogens is 374 g/mol. The van der Waals surface area contributed by atoms with Gasteiger partial charge in [0.05, 0.1) is 16.6 Å².